The number of nitrogens with zero attached hydrogens (tertiary/aromatic N) is 2. The van der Waals surface area contributed by atoms with Crippen molar-refractivity contribution in [1.82, 2.24) is 9.97 Å². The monoisotopic (exact) mass is 297 g/mol. The third-order valence-corrected chi connectivity index (χ3v) is 4.08. The van der Waals surface area contributed by atoms with Crippen molar-refractivity contribution < 1.29 is 4.74 Å². The van der Waals surface area contributed by atoms with Crippen LogP contribution in [0.25, 0.3) is 0 Å². The normalized spacial score (nSPS) is 21.5. The molecule has 5 heteroatoms. The van der Waals surface area contributed by atoms with E-state index >= 15 is 0 Å². The van der Waals surface area contributed by atoms with E-state index in [1.165, 1.54) is 6.42 Å². The first-order valence-corrected chi connectivity index (χ1v) is 7.42. The summed E-state index contributed by atoms with van der Waals surface area (Å²) in [4.78, 5) is 8.31. The van der Waals surface area contributed by atoms with Crippen LogP contribution in [0.3, 0.4) is 0 Å². The number of halogens is 1. The van der Waals surface area contributed by atoms with Gasteiger partial charge in [-0.1, -0.05) is 39.3 Å². The van der Waals surface area contributed by atoms with Crippen LogP contribution in [0.15, 0.2) is 6.20 Å². The first-order chi connectivity index (χ1) is 9.21. The van der Waals surface area contributed by atoms with E-state index in [9.17, 15) is 0 Å². The molecule has 0 bridgehead atoms. The third-order valence-electron chi connectivity index (χ3n) is 3.80. The van der Waals surface area contributed by atoms with Gasteiger partial charge < -0.3 is 10.1 Å². The van der Waals surface area contributed by atoms with Gasteiger partial charge in [0.2, 0.25) is 0 Å². The molecule has 20 heavy (non-hydrogen) atoms. The second-order valence-electron chi connectivity index (χ2n) is 7.31. The Morgan fingerprint density at radius 1 is 1.25 bits per heavy atom. The molecular weight excluding hydrogens is 274 g/mol. The summed E-state index contributed by atoms with van der Waals surface area (Å²) >= 11 is 6.17. The van der Waals surface area contributed by atoms with Crippen molar-refractivity contribution in [3.8, 4) is 6.01 Å². The van der Waals surface area contributed by atoms with Crippen LogP contribution in [0.2, 0.25) is 5.02 Å². The molecule has 0 amide bonds. The number of hydrogen-bond acceptors (Lipinski definition) is 4. The first kappa shape index (κ1) is 15.4. The van der Waals surface area contributed by atoms with Crippen LogP contribution in [-0.4, -0.2) is 23.1 Å². The third kappa shape index (κ3) is 3.75. The zero-order valence-corrected chi connectivity index (χ0v) is 13.7. The molecule has 1 aromatic rings. The molecule has 1 heterocycles. The molecule has 1 aromatic heterocycles. The van der Waals surface area contributed by atoms with E-state index in [1.807, 2.05) is 0 Å². The zero-order valence-electron chi connectivity index (χ0n) is 13.0. The molecule has 2 rings (SSSR count). The average molecular weight is 298 g/mol. The molecule has 1 aliphatic carbocycles. The first-order valence-electron chi connectivity index (χ1n) is 7.04. The highest BCUT2D eigenvalue weighted by Gasteiger charge is 2.38. The van der Waals surface area contributed by atoms with E-state index in [0.717, 1.165) is 12.8 Å². The Bertz CT molecular complexity index is 472. The van der Waals surface area contributed by atoms with Crippen molar-refractivity contribution in [2.75, 3.05) is 12.4 Å². The minimum Gasteiger partial charge on any atom is -0.467 e. The lowest BCUT2D eigenvalue weighted by Crippen LogP contribution is -2.40. The maximum atomic E-state index is 6.17. The number of hydrogen-bond donors (Lipinski definition) is 1. The SMILES string of the molecule is COc1ncc(Cl)c(NC2CC(C)(C)CC(C)(C)C2)n1. The van der Waals surface area contributed by atoms with Crippen LogP contribution in [-0.2, 0) is 0 Å². The molecule has 1 saturated carbocycles. The van der Waals surface area contributed by atoms with Gasteiger partial charge in [-0.05, 0) is 30.1 Å². The van der Waals surface area contributed by atoms with Crippen molar-refractivity contribution in [3.05, 3.63) is 11.2 Å². The zero-order chi connectivity index (χ0) is 15.0. The summed E-state index contributed by atoms with van der Waals surface area (Å²) in [6.07, 6.45) is 5.03. The second-order valence-corrected chi connectivity index (χ2v) is 7.72. The molecule has 0 aliphatic heterocycles. The van der Waals surface area contributed by atoms with Crippen LogP contribution in [0.1, 0.15) is 47.0 Å². The van der Waals surface area contributed by atoms with E-state index in [-0.39, 0.29) is 0 Å². The van der Waals surface area contributed by atoms with Gasteiger partial charge in [0.1, 0.15) is 5.02 Å². The molecule has 1 aliphatic rings. The van der Waals surface area contributed by atoms with E-state index in [2.05, 4.69) is 43.0 Å². The maximum absolute atomic E-state index is 6.17. The van der Waals surface area contributed by atoms with Gasteiger partial charge in [0, 0.05) is 6.04 Å². The van der Waals surface area contributed by atoms with Crippen molar-refractivity contribution in [3.63, 3.8) is 0 Å². The van der Waals surface area contributed by atoms with Crippen molar-refractivity contribution in [2.24, 2.45) is 10.8 Å². The summed E-state index contributed by atoms with van der Waals surface area (Å²) in [6.45, 7) is 9.30. The fourth-order valence-corrected chi connectivity index (χ4v) is 3.84. The predicted molar refractivity (Wildman–Crippen MR) is 82.4 cm³/mol. The minimum atomic E-state index is 0.322. The van der Waals surface area contributed by atoms with Gasteiger partial charge in [-0.15, -0.1) is 0 Å². The largest absolute Gasteiger partial charge is 0.467 e. The molecule has 1 N–H and O–H groups in total. The van der Waals surface area contributed by atoms with Crippen LogP contribution in [0.5, 0.6) is 6.01 Å². The lowest BCUT2D eigenvalue weighted by molar-refractivity contribution is 0.105. The Morgan fingerprint density at radius 2 is 1.85 bits per heavy atom. The number of anilines is 1. The van der Waals surface area contributed by atoms with Gasteiger partial charge >= 0.3 is 6.01 Å². The summed E-state index contributed by atoms with van der Waals surface area (Å²) < 4.78 is 5.06. The Hall–Kier alpha value is -1.03. The minimum absolute atomic E-state index is 0.322. The summed E-state index contributed by atoms with van der Waals surface area (Å²) in [5.41, 5.74) is 0.645. The molecule has 112 valence electrons. The summed E-state index contributed by atoms with van der Waals surface area (Å²) in [7, 11) is 1.56. The van der Waals surface area contributed by atoms with Gasteiger partial charge in [0.15, 0.2) is 5.82 Å². The average Bonchev–Trinajstić information content (AvgIpc) is 2.28. The molecular formula is C15H24ClN3O. The number of ether oxygens (including phenoxy) is 1. The molecule has 0 unspecified atom stereocenters. The Labute approximate surface area is 126 Å². The van der Waals surface area contributed by atoms with E-state index in [1.54, 1.807) is 13.3 Å². The fourth-order valence-electron chi connectivity index (χ4n) is 3.69. The van der Waals surface area contributed by atoms with E-state index in [4.69, 9.17) is 16.3 Å². The quantitative estimate of drug-likeness (QED) is 0.910. The van der Waals surface area contributed by atoms with Crippen molar-refractivity contribution in [2.45, 2.75) is 53.0 Å². The fraction of sp³-hybridized carbons (Fsp3) is 0.733. The van der Waals surface area contributed by atoms with Gasteiger partial charge in [0.25, 0.3) is 0 Å². The van der Waals surface area contributed by atoms with Crippen LogP contribution in [0.4, 0.5) is 5.82 Å². The Morgan fingerprint density at radius 3 is 2.40 bits per heavy atom. The smallest absolute Gasteiger partial charge is 0.318 e. The molecule has 0 saturated heterocycles. The topological polar surface area (TPSA) is 47.0 Å². The lowest BCUT2D eigenvalue weighted by atomic mass is 9.63. The highest BCUT2D eigenvalue weighted by Crippen LogP contribution is 2.46. The number of aromatic nitrogens is 2. The highest BCUT2D eigenvalue weighted by atomic mass is 35.5. The second kappa shape index (κ2) is 5.40. The van der Waals surface area contributed by atoms with Gasteiger partial charge in [-0.3, -0.25) is 0 Å². The van der Waals surface area contributed by atoms with Crippen LogP contribution < -0.4 is 10.1 Å². The number of nitrogens with one attached hydrogen (secondary N) is 1. The summed E-state index contributed by atoms with van der Waals surface area (Å²) in [6, 6.07) is 0.706. The predicted octanol–water partition coefficient (Wildman–Crippen LogP) is 4.16. The van der Waals surface area contributed by atoms with Crippen LogP contribution in [0, 0.1) is 10.8 Å². The molecule has 0 radical (unpaired) electrons. The van der Waals surface area contributed by atoms with Crippen molar-refractivity contribution >= 4 is 17.4 Å². The lowest BCUT2D eigenvalue weighted by Gasteiger charge is -2.45. The maximum Gasteiger partial charge on any atom is 0.318 e. The summed E-state index contributed by atoms with van der Waals surface area (Å²) in [5, 5.41) is 4.01. The molecule has 0 aromatic carbocycles. The summed E-state index contributed by atoms with van der Waals surface area (Å²) in [5.74, 6) is 0.664. The highest BCUT2D eigenvalue weighted by molar-refractivity contribution is 6.32. The van der Waals surface area contributed by atoms with Gasteiger partial charge in [-0.2, -0.15) is 4.98 Å². The van der Waals surface area contributed by atoms with Crippen molar-refractivity contribution in [1.29, 1.82) is 0 Å². The van der Waals surface area contributed by atoms with E-state index in [0.29, 0.717) is 33.7 Å². The Balaban J connectivity index is 2.17. The Kier molecular flexibility index (Phi) is 4.14. The molecule has 1 fully saturated rings. The number of methoxy groups -OCH3 is 1. The van der Waals surface area contributed by atoms with Gasteiger partial charge in [0.05, 0.1) is 13.3 Å². The molecule has 0 spiro atoms. The standard InChI is InChI=1S/C15H24ClN3O/c1-14(2)6-10(7-15(3,4)9-14)18-12-11(16)8-17-13(19-12)20-5/h8,10H,6-7,9H2,1-5H3,(H,17,18,19). The molecule has 0 atom stereocenters. The molecule has 4 nitrogen and oxygen atoms in total. The number of rotatable bonds is 3. The van der Waals surface area contributed by atoms with Gasteiger partial charge in [-0.25, -0.2) is 4.98 Å². The van der Waals surface area contributed by atoms with Crippen LogP contribution >= 0.6 is 11.6 Å². The van der Waals surface area contributed by atoms with E-state index < -0.39 is 0 Å².